The second-order valence-electron chi connectivity index (χ2n) is 11.7. The van der Waals surface area contributed by atoms with Gasteiger partial charge in [0, 0.05) is 29.2 Å². The molecule has 0 bridgehead atoms. The Labute approximate surface area is 262 Å². The predicted molar refractivity (Wildman–Crippen MR) is 174 cm³/mol. The molecule has 0 aliphatic carbocycles. The van der Waals surface area contributed by atoms with Gasteiger partial charge in [0.25, 0.3) is 0 Å². The molecular formula is C34H36N4O6S. The van der Waals surface area contributed by atoms with Crippen LogP contribution in [0.4, 0.5) is 10.5 Å². The van der Waals surface area contributed by atoms with Gasteiger partial charge in [-0.25, -0.2) is 4.79 Å². The maximum Gasteiger partial charge on any atom is 0.436 e. The molecule has 10 nitrogen and oxygen atoms in total. The summed E-state index contributed by atoms with van der Waals surface area (Å²) in [6, 6.07) is 24.6. The summed E-state index contributed by atoms with van der Waals surface area (Å²) in [7, 11) is -4.60. The Morgan fingerprint density at radius 2 is 1.64 bits per heavy atom. The fraction of sp³-hybridized carbons (Fsp3) is 0.235. The smallest absolute Gasteiger partial charge is 0.436 e. The second kappa shape index (κ2) is 13.1. The summed E-state index contributed by atoms with van der Waals surface area (Å²) in [5, 5.41) is 5.75. The fourth-order valence-corrected chi connectivity index (χ4v) is 5.92. The van der Waals surface area contributed by atoms with Crippen molar-refractivity contribution in [3.05, 3.63) is 108 Å². The number of nitrogens with two attached hydrogens (primary N) is 1. The minimum absolute atomic E-state index is 0.0655. The number of aromatic amines is 1. The lowest BCUT2D eigenvalue weighted by atomic mass is 10.0. The Balaban J connectivity index is 1.54. The number of nitrogens with zero attached hydrogens (tertiary/aromatic N) is 1. The number of ether oxygens (including phenoxy) is 1. The number of carbonyl (C=O) groups is 2. The Bertz CT molecular complexity index is 1930. The van der Waals surface area contributed by atoms with Crippen LogP contribution in [-0.4, -0.2) is 48.7 Å². The zero-order chi connectivity index (χ0) is 32.2. The summed E-state index contributed by atoms with van der Waals surface area (Å²) < 4.78 is 38.5. The van der Waals surface area contributed by atoms with E-state index in [9.17, 15) is 18.0 Å². The quantitative estimate of drug-likeness (QED) is 0.163. The van der Waals surface area contributed by atoms with Crippen molar-refractivity contribution in [1.29, 1.82) is 0 Å². The Hall–Kier alpha value is -4.71. The summed E-state index contributed by atoms with van der Waals surface area (Å²) >= 11 is 0. The van der Waals surface area contributed by atoms with Crippen molar-refractivity contribution in [2.45, 2.75) is 50.2 Å². The zero-order valence-electron chi connectivity index (χ0n) is 25.3. The number of aromatic nitrogens is 1. The van der Waals surface area contributed by atoms with Gasteiger partial charge >= 0.3 is 16.2 Å². The maximum atomic E-state index is 14.0. The van der Waals surface area contributed by atoms with E-state index in [-0.39, 0.29) is 11.3 Å². The molecule has 0 saturated carbocycles. The van der Waals surface area contributed by atoms with Crippen LogP contribution in [-0.2, 0) is 36.8 Å². The van der Waals surface area contributed by atoms with Crippen LogP contribution in [0, 0.1) is 0 Å². The lowest BCUT2D eigenvalue weighted by molar-refractivity contribution is -0.136. The van der Waals surface area contributed by atoms with Crippen molar-refractivity contribution < 1.29 is 27.0 Å². The highest BCUT2D eigenvalue weighted by Gasteiger charge is 2.38. The lowest BCUT2D eigenvalue weighted by Crippen LogP contribution is -2.51. The molecule has 1 heterocycles. The van der Waals surface area contributed by atoms with E-state index in [1.807, 2.05) is 30.5 Å². The molecule has 0 saturated heterocycles. The van der Waals surface area contributed by atoms with E-state index in [0.717, 1.165) is 21.9 Å². The molecule has 0 aliphatic rings. The monoisotopic (exact) mass is 628 g/mol. The van der Waals surface area contributed by atoms with Gasteiger partial charge in [0.2, 0.25) is 5.91 Å². The molecule has 1 unspecified atom stereocenters. The number of rotatable bonds is 10. The molecule has 5 aromatic rings. The van der Waals surface area contributed by atoms with Crippen LogP contribution in [0.2, 0.25) is 0 Å². The molecule has 11 heteroatoms. The normalized spacial score (nSPS) is 12.6. The number of hydroxylamine groups is 2. The molecular weight excluding hydrogens is 592 g/mol. The third-order valence-electron chi connectivity index (χ3n) is 7.07. The lowest BCUT2D eigenvalue weighted by Gasteiger charge is -2.31. The molecule has 5 rings (SSSR count). The molecule has 0 fully saturated rings. The van der Waals surface area contributed by atoms with Gasteiger partial charge in [0.05, 0.1) is 4.90 Å². The van der Waals surface area contributed by atoms with Gasteiger partial charge in [0.15, 0.2) is 0 Å². The molecule has 2 amide bonds. The van der Waals surface area contributed by atoms with Crippen LogP contribution in [0.25, 0.3) is 21.7 Å². The van der Waals surface area contributed by atoms with E-state index in [1.54, 1.807) is 75.4 Å². The summed E-state index contributed by atoms with van der Waals surface area (Å²) in [5.74, 6) is -0.673. The number of carbonyl (C=O) groups excluding carboxylic acids is 2. The Kier molecular flexibility index (Phi) is 9.24. The molecule has 4 N–H and O–H groups in total. The first kappa shape index (κ1) is 31.7. The van der Waals surface area contributed by atoms with E-state index in [2.05, 4.69) is 10.3 Å². The first-order valence-electron chi connectivity index (χ1n) is 14.5. The molecule has 4 aromatic carbocycles. The summed E-state index contributed by atoms with van der Waals surface area (Å²) in [6.07, 6.45) is 1.32. The topological polar surface area (TPSA) is 144 Å². The standard InChI is InChI=1S/C34H36N4O6S/c1-34(2,3)43-33(40)38(44-45(41,42)28-15-13-24-11-7-8-12-25(24)20-28)31(19-23-9-5-4-6-10-23)32(39)37-27-14-16-30-29(21-27)26(17-18-35)22-36-30/h4-16,20-22,31,36H,17-19,35H2,1-3H3,(H,37,39). The largest absolute Gasteiger partial charge is 0.442 e. The van der Waals surface area contributed by atoms with Crippen LogP contribution in [0.15, 0.2) is 102 Å². The van der Waals surface area contributed by atoms with Crippen molar-refractivity contribution in [2.24, 2.45) is 5.73 Å². The van der Waals surface area contributed by atoms with Gasteiger partial charge < -0.3 is 20.8 Å². The highest BCUT2D eigenvalue weighted by molar-refractivity contribution is 7.86. The van der Waals surface area contributed by atoms with Crippen molar-refractivity contribution in [3.63, 3.8) is 0 Å². The summed E-state index contributed by atoms with van der Waals surface area (Å²) in [5.41, 5.74) is 7.74. The molecule has 234 valence electrons. The summed E-state index contributed by atoms with van der Waals surface area (Å²) in [6.45, 7) is 5.37. The zero-order valence-corrected chi connectivity index (χ0v) is 26.1. The van der Waals surface area contributed by atoms with Crippen molar-refractivity contribution in [2.75, 3.05) is 11.9 Å². The number of hydrogen-bond acceptors (Lipinski definition) is 7. The van der Waals surface area contributed by atoms with Crippen molar-refractivity contribution in [3.8, 4) is 0 Å². The number of H-pyrrole nitrogens is 1. The van der Waals surface area contributed by atoms with Crippen LogP contribution in [0.1, 0.15) is 31.9 Å². The van der Waals surface area contributed by atoms with E-state index < -0.39 is 33.8 Å². The summed E-state index contributed by atoms with van der Waals surface area (Å²) in [4.78, 5) is 30.7. The average molecular weight is 629 g/mol. The van der Waals surface area contributed by atoms with Crippen LogP contribution in [0.3, 0.4) is 0 Å². The third kappa shape index (κ3) is 7.69. The van der Waals surface area contributed by atoms with Gasteiger partial charge in [-0.2, -0.15) is 13.5 Å². The van der Waals surface area contributed by atoms with Gasteiger partial charge in [-0.15, -0.1) is 4.28 Å². The van der Waals surface area contributed by atoms with Crippen LogP contribution >= 0.6 is 0 Å². The number of hydrogen-bond donors (Lipinski definition) is 3. The van der Waals surface area contributed by atoms with Crippen LogP contribution in [0.5, 0.6) is 0 Å². The number of nitrogens with one attached hydrogen (secondary N) is 2. The van der Waals surface area contributed by atoms with Crippen molar-refractivity contribution in [1.82, 2.24) is 10.0 Å². The molecule has 1 atom stereocenters. The minimum atomic E-state index is -4.60. The first-order chi connectivity index (χ1) is 21.4. The van der Waals surface area contributed by atoms with E-state index in [1.165, 1.54) is 12.1 Å². The number of anilines is 1. The van der Waals surface area contributed by atoms with Gasteiger partial charge in [-0.1, -0.05) is 60.7 Å². The van der Waals surface area contributed by atoms with Gasteiger partial charge in [-0.3, -0.25) is 4.79 Å². The Morgan fingerprint density at radius 1 is 0.933 bits per heavy atom. The average Bonchev–Trinajstić information content (AvgIpc) is 3.40. The first-order valence-corrected chi connectivity index (χ1v) is 15.9. The number of benzene rings is 4. The van der Waals surface area contributed by atoms with E-state index in [0.29, 0.717) is 34.7 Å². The van der Waals surface area contributed by atoms with Crippen molar-refractivity contribution >= 4 is 49.5 Å². The SMILES string of the molecule is CC(C)(C)OC(=O)N(OS(=O)(=O)c1ccc2ccccc2c1)C(Cc1ccccc1)C(=O)Nc1ccc2[nH]cc(CCN)c2c1. The fourth-order valence-electron chi connectivity index (χ4n) is 4.95. The molecule has 1 aromatic heterocycles. The predicted octanol–water partition coefficient (Wildman–Crippen LogP) is 5.93. The highest BCUT2D eigenvalue weighted by Crippen LogP contribution is 2.26. The van der Waals surface area contributed by atoms with Crippen LogP contribution < -0.4 is 11.1 Å². The Morgan fingerprint density at radius 3 is 2.36 bits per heavy atom. The second-order valence-corrected chi connectivity index (χ2v) is 13.2. The van der Waals surface area contributed by atoms with Gasteiger partial charge in [-0.05, 0) is 86.0 Å². The molecule has 45 heavy (non-hydrogen) atoms. The molecule has 0 aliphatic heterocycles. The minimum Gasteiger partial charge on any atom is -0.442 e. The maximum absolute atomic E-state index is 14.0. The number of fused-ring (bicyclic) bond motifs is 2. The molecule has 0 radical (unpaired) electrons. The van der Waals surface area contributed by atoms with Gasteiger partial charge in [0.1, 0.15) is 11.6 Å². The van der Waals surface area contributed by atoms with E-state index in [4.69, 9.17) is 14.8 Å². The van der Waals surface area contributed by atoms with E-state index >= 15 is 0 Å². The highest BCUT2D eigenvalue weighted by atomic mass is 32.2. The third-order valence-corrected chi connectivity index (χ3v) is 8.26. The number of amides is 2. The molecule has 0 spiro atoms.